The van der Waals surface area contributed by atoms with Crippen molar-refractivity contribution in [1.82, 2.24) is 9.88 Å². The Morgan fingerprint density at radius 3 is 2.73 bits per heavy atom. The summed E-state index contributed by atoms with van der Waals surface area (Å²) in [4.78, 5) is 21.7. The molecule has 0 spiro atoms. The molecule has 0 radical (unpaired) electrons. The fourth-order valence-corrected chi connectivity index (χ4v) is 3.57. The van der Waals surface area contributed by atoms with Crippen molar-refractivity contribution in [3.8, 4) is 0 Å². The van der Waals surface area contributed by atoms with Gasteiger partial charge in [0.15, 0.2) is 0 Å². The van der Waals surface area contributed by atoms with Gasteiger partial charge in [0, 0.05) is 37.4 Å². The van der Waals surface area contributed by atoms with Gasteiger partial charge in [-0.3, -0.25) is 4.79 Å². The van der Waals surface area contributed by atoms with Crippen molar-refractivity contribution in [3.63, 3.8) is 0 Å². The van der Waals surface area contributed by atoms with Gasteiger partial charge < -0.3 is 9.80 Å². The molecule has 0 saturated carbocycles. The zero-order valence-electron chi connectivity index (χ0n) is 16.1. The molecule has 3 rings (SSSR count). The average Bonchev–Trinajstić information content (AvgIpc) is 2.66. The number of nitrogens with zero attached hydrogens (tertiary/aromatic N) is 3. The standard InChI is InChI=1S/C22H29N3O/c1-17(2)25(16-19-9-5-4-6-10-19)21-14-20(11-12-23-21)22(26)24-13-7-8-18(3)15-24/h4-6,9-12,14,17-18H,7-8,13,15-16H2,1-3H3. The summed E-state index contributed by atoms with van der Waals surface area (Å²) in [5.41, 5.74) is 1.98. The van der Waals surface area contributed by atoms with Crippen LogP contribution in [0.4, 0.5) is 5.82 Å². The molecule has 1 atom stereocenters. The molecular weight excluding hydrogens is 322 g/mol. The van der Waals surface area contributed by atoms with Crippen molar-refractivity contribution in [2.75, 3.05) is 18.0 Å². The Hall–Kier alpha value is -2.36. The summed E-state index contributed by atoms with van der Waals surface area (Å²) >= 11 is 0. The second kappa shape index (κ2) is 8.35. The van der Waals surface area contributed by atoms with Crippen LogP contribution >= 0.6 is 0 Å². The van der Waals surface area contributed by atoms with Gasteiger partial charge in [-0.2, -0.15) is 0 Å². The van der Waals surface area contributed by atoms with Crippen LogP contribution < -0.4 is 4.90 Å². The van der Waals surface area contributed by atoms with Crippen molar-refractivity contribution < 1.29 is 4.79 Å². The fourth-order valence-electron chi connectivity index (χ4n) is 3.57. The summed E-state index contributed by atoms with van der Waals surface area (Å²) < 4.78 is 0. The molecule has 26 heavy (non-hydrogen) atoms. The van der Waals surface area contributed by atoms with Crippen LogP contribution in [0.2, 0.25) is 0 Å². The second-order valence-corrected chi connectivity index (χ2v) is 7.61. The molecule has 0 aliphatic carbocycles. The lowest BCUT2D eigenvalue weighted by Gasteiger charge is -2.32. The van der Waals surface area contributed by atoms with E-state index in [0.717, 1.165) is 37.4 Å². The zero-order chi connectivity index (χ0) is 18.5. The number of amides is 1. The van der Waals surface area contributed by atoms with Crippen molar-refractivity contribution in [2.24, 2.45) is 5.92 Å². The quantitative estimate of drug-likeness (QED) is 0.803. The van der Waals surface area contributed by atoms with Gasteiger partial charge in [0.1, 0.15) is 5.82 Å². The Morgan fingerprint density at radius 1 is 1.27 bits per heavy atom. The number of pyridine rings is 1. The third-order valence-electron chi connectivity index (χ3n) is 5.05. The molecule has 0 N–H and O–H groups in total. The minimum atomic E-state index is 0.128. The summed E-state index contributed by atoms with van der Waals surface area (Å²) in [6, 6.07) is 14.5. The molecule has 1 aliphatic rings. The van der Waals surface area contributed by atoms with Crippen molar-refractivity contribution >= 4 is 11.7 Å². The van der Waals surface area contributed by atoms with Crippen LogP contribution in [0.5, 0.6) is 0 Å². The zero-order valence-corrected chi connectivity index (χ0v) is 16.1. The van der Waals surface area contributed by atoms with Gasteiger partial charge in [0.05, 0.1) is 0 Å². The van der Waals surface area contributed by atoms with E-state index in [2.05, 4.69) is 54.9 Å². The molecular formula is C22H29N3O. The maximum atomic E-state index is 12.9. The number of anilines is 1. The van der Waals surface area contributed by atoms with Crippen LogP contribution in [0, 0.1) is 5.92 Å². The lowest BCUT2D eigenvalue weighted by Crippen LogP contribution is -2.39. The third kappa shape index (κ3) is 4.43. The predicted molar refractivity (Wildman–Crippen MR) is 106 cm³/mol. The van der Waals surface area contributed by atoms with Crippen LogP contribution in [0.15, 0.2) is 48.7 Å². The first-order chi connectivity index (χ1) is 12.5. The van der Waals surface area contributed by atoms with E-state index in [1.807, 2.05) is 23.1 Å². The minimum Gasteiger partial charge on any atom is -0.350 e. The fraction of sp³-hybridized carbons (Fsp3) is 0.455. The number of likely N-dealkylation sites (tertiary alicyclic amines) is 1. The summed E-state index contributed by atoms with van der Waals surface area (Å²) in [7, 11) is 0. The van der Waals surface area contributed by atoms with Gasteiger partial charge in [-0.15, -0.1) is 0 Å². The molecule has 1 unspecified atom stereocenters. The van der Waals surface area contributed by atoms with Crippen molar-refractivity contribution in [1.29, 1.82) is 0 Å². The van der Waals surface area contributed by atoms with Crippen molar-refractivity contribution in [2.45, 2.75) is 46.2 Å². The maximum Gasteiger partial charge on any atom is 0.254 e. The van der Waals surface area contributed by atoms with E-state index in [1.54, 1.807) is 6.20 Å². The van der Waals surface area contributed by atoms with Crippen LogP contribution in [0.3, 0.4) is 0 Å². The molecule has 1 aromatic carbocycles. The predicted octanol–water partition coefficient (Wildman–Crippen LogP) is 4.37. The molecule has 1 amide bonds. The lowest BCUT2D eigenvalue weighted by molar-refractivity contribution is 0.0683. The topological polar surface area (TPSA) is 36.4 Å². The van der Waals surface area contributed by atoms with E-state index in [1.165, 1.54) is 12.0 Å². The summed E-state index contributed by atoms with van der Waals surface area (Å²) in [6.07, 6.45) is 4.07. The first-order valence-corrected chi connectivity index (χ1v) is 9.60. The Morgan fingerprint density at radius 2 is 2.04 bits per heavy atom. The lowest BCUT2D eigenvalue weighted by atomic mass is 9.99. The number of benzene rings is 1. The molecule has 1 aromatic heterocycles. The highest BCUT2D eigenvalue weighted by Gasteiger charge is 2.23. The molecule has 1 saturated heterocycles. The van der Waals surface area contributed by atoms with Crippen molar-refractivity contribution in [3.05, 3.63) is 59.8 Å². The normalized spacial score (nSPS) is 17.4. The minimum absolute atomic E-state index is 0.128. The number of carbonyl (C=O) groups excluding carboxylic acids is 1. The van der Waals surface area contributed by atoms with Gasteiger partial charge in [0.2, 0.25) is 0 Å². The third-order valence-corrected chi connectivity index (χ3v) is 5.05. The Labute approximate surface area is 156 Å². The average molecular weight is 351 g/mol. The highest BCUT2D eigenvalue weighted by Crippen LogP contribution is 2.22. The van der Waals surface area contributed by atoms with E-state index in [0.29, 0.717) is 12.0 Å². The number of rotatable bonds is 5. The maximum absolute atomic E-state index is 12.9. The SMILES string of the molecule is CC1CCCN(C(=O)c2ccnc(N(Cc3ccccc3)C(C)C)c2)C1. The van der Waals surface area contributed by atoms with Gasteiger partial charge in [-0.05, 0) is 50.3 Å². The second-order valence-electron chi connectivity index (χ2n) is 7.61. The van der Waals surface area contributed by atoms with Crippen LogP contribution in [-0.2, 0) is 6.54 Å². The largest absolute Gasteiger partial charge is 0.350 e. The highest BCUT2D eigenvalue weighted by atomic mass is 16.2. The number of hydrogen-bond acceptors (Lipinski definition) is 3. The highest BCUT2D eigenvalue weighted by molar-refractivity contribution is 5.95. The molecule has 0 bridgehead atoms. The smallest absolute Gasteiger partial charge is 0.254 e. The van der Waals surface area contributed by atoms with E-state index in [-0.39, 0.29) is 5.91 Å². The van der Waals surface area contributed by atoms with E-state index >= 15 is 0 Å². The van der Waals surface area contributed by atoms with Gasteiger partial charge in [-0.25, -0.2) is 4.98 Å². The molecule has 2 aromatic rings. The number of piperidine rings is 1. The Bertz CT molecular complexity index is 729. The summed E-state index contributed by atoms with van der Waals surface area (Å²) in [5.74, 6) is 1.57. The van der Waals surface area contributed by atoms with E-state index in [9.17, 15) is 4.79 Å². The van der Waals surface area contributed by atoms with Crippen LogP contribution in [-0.4, -0.2) is 34.9 Å². The summed E-state index contributed by atoms with van der Waals surface area (Å²) in [6.45, 7) is 9.03. The molecule has 138 valence electrons. The van der Waals surface area contributed by atoms with E-state index < -0.39 is 0 Å². The van der Waals surface area contributed by atoms with Gasteiger partial charge >= 0.3 is 0 Å². The van der Waals surface area contributed by atoms with Gasteiger partial charge in [-0.1, -0.05) is 37.3 Å². The molecule has 1 fully saturated rings. The molecule has 2 heterocycles. The number of hydrogen-bond donors (Lipinski definition) is 0. The monoisotopic (exact) mass is 351 g/mol. The Kier molecular flexibility index (Phi) is 5.92. The van der Waals surface area contributed by atoms with Crippen LogP contribution in [0.25, 0.3) is 0 Å². The summed E-state index contributed by atoms with van der Waals surface area (Å²) in [5, 5.41) is 0. The number of aromatic nitrogens is 1. The Balaban J connectivity index is 1.81. The molecule has 1 aliphatic heterocycles. The van der Waals surface area contributed by atoms with Gasteiger partial charge in [0.25, 0.3) is 5.91 Å². The van der Waals surface area contributed by atoms with Crippen LogP contribution in [0.1, 0.15) is 49.5 Å². The first-order valence-electron chi connectivity index (χ1n) is 9.60. The number of carbonyl (C=O) groups is 1. The van der Waals surface area contributed by atoms with E-state index in [4.69, 9.17) is 0 Å². The molecule has 4 heteroatoms. The first kappa shape index (κ1) is 18.4. The molecule has 4 nitrogen and oxygen atoms in total.